The molecule has 126 valence electrons. The van der Waals surface area contributed by atoms with Gasteiger partial charge in [-0.25, -0.2) is 9.98 Å². The topological polar surface area (TPSA) is 69.5 Å². The minimum atomic E-state index is 0.248. The summed E-state index contributed by atoms with van der Waals surface area (Å²) >= 11 is 1.71. The second-order valence-electron chi connectivity index (χ2n) is 5.49. The number of hydrogen-bond acceptors (Lipinski definition) is 4. The summed E-state index contributed by atoms with van der Waals surface area (Å²) in [7, 11) is 0. The lowest BCUT2D eigenvalue weighted by Gasteiger charge is -2.18. The molecule has 5 nitrogen and oxygen atoms in total. The maximum absolute atomic E-state index is 9.13. The molecule has 0 saturated heterocycles. The molecule has 1 aromatic rings. The van der Waals surface area contributed by atoms with Gasteiger partial charge in [0.2, 0.25) is 0 Å². The lowest BCUT2D eigenvalue weighted by molar-refractivity contribution is 0.251. The molecule has 0 fully saturated rings. The summed E-state index contributed by atoms with van der Waals surface area (Å²) in [4.78, 5) is 10.4. The molecule has 0 radical (unpaired) electrons. The SMILES string of the molecule is CCCC(CCO)CNC(=NCc1nc(C)c(C)s1)NCC. The van der Waals surface area contributed by atoms with Crippen LogP contribution < -0.4 is 10.6 Å². The first-order valence-corrected chi connectivity index (χ1v) is 8.98. The van der Waals surface area contributed by atoms with Gasteiger partial charge in [-0.2, -0.15) is 0 Å². The molecule has 0 aromatic carbocycles. The highest BCUT2D eigenvalue weighted by Gasteiger charge is 2.09. The van der Waals surface area contributed by atoms with Crippen molar-refractivity contribution < 1.29 is 5.11 Å². The number of aromatic nitrogens is 1. The Morgan fingerprint density at radius 2 is 2.05 bits per heavy atom. The van der Waals surface area contributed by atoms with Gasteiger partial charge < -0.3 is 15.7 Å². The van der Waals surface area contributed by atoms with Crippen LogP contribution in [-0.4, -0.2) is 35.7 Å². The van der Waals surface area contributed by atoms with Crippen molar-refractivity contribution in [3.8, 4) is 0 Å². The van der Waals surface area contributed by atoms with E-state index in [2.05, 4.69) is 41.4 Å². The van der Waals surface area contributed by atoms with Crippen LogP contribution in [0.15, 0.2) is 4.99 Å². The molecule has 0 aliphatic heterocycles. The normalized spacial score (nSPS) is 13.2. The minimum Gasteiger partial charge on any atom is -0.396 e. The van der Waals surface area contributed by atoms with Crippen LogP contribution in [0.4, 0.5) is 0 Å². The standard InChI is InChI=1S/C16H30N4OS/c1-5-7-14(8-9-21)10-18-16(17-6-2)19-11-15-20-12(3)13(4)22-15/h14,21H,5-11H2,1-4H3,(H2,17,18,19). The quantitative estimate of drug-likeness (QED) is 0.482. The molecule has 1 heterocycles. The van der Waals surface area contributed by atoms with Crippen LogP contribution >= 0.6 is 11.3 Å². The average molecular weight is 327 g/mol. The predicted octanol–water partition coefficient (Wildman–Crippen LogP) is 2.61. The summed E-state index contributed by atoms with van der Waals surface area (Å²) in [6.45, 7) is 10.9. The minimum absolute atomic E-state index is 0.248. The Morgan fingerprint density at radius 3 is 2.59 bits per heavy atom. The van der Waals surface area contributed by atoms with Crippen molar-refractivity contribution >= 4 is 17.3 Å². The molecule has 0 saturated carbocycles. The van der Waals surface area contributed by atoms with E-state index >= 15 is 0 Å². The first-order valence-electron chi connectivity index (χ1n) is 8.16. The number of thiazole rings is 1. The van der Waals surface area contributed by atoms with Gasteiger partial charge in [0.05, 0.1) is 12.2 Å². The molecular weight excluding hydrogens is 296 g/mol. The summed E-state index contributed by atoms with van der Waals surface area (Å²) in [5, 5.41) is 16.8. The van der Waals surface area contributed by atoms with E-state index in [0.29, 0.717) is 12.5 Å². The van der Waals surface area contributed by atoms with Crippen LogP contribution in [0.25, 0.3) is 0 Å². The zero-order valence-electron chi connectivity index (χ0n) is 14.3. The molecule has 1 unspecified atom stereocenters. The largest absolute Gasteiger partial charge is 0.396 e. The van der Waals surface area contributed by atoms with Gasteiger partial charge in [0.1, 0.15) is 5.01 Å². The van der Waals surface area contributed by atoms with Crippen molar-refractivity contribution in [1.82, 2.24) is 15.6 Å². The fourth-order valence-corrected chi connectivity index (χ4v) is 3.13. The third kappa shape index (κ3) is 6.75. The van der Waals surface area contributed by atoms with Crippen molar-refractivity contribution in [3.63, 3.8) is 0 Å². The van der Waals surface area contributed by atoms with Gasteiger partial charge in [0.25, 0.3) is 0 Å². The van der Waals surface area contributed by atoms with Gasteiger partial charge in [-0.1, -0.05) is 13.3 Å². The predicted molar refractivity (Wildman–Crippen MR) is 94.5 cm³/mol. The van der Waals surface area contributed by atoms with Crippen LogP contribution in [0.3, 0.4) is 0 Å². The van der Waals surface area contributed by atoms with Gasteiger partial charge in [0, 0.05) is 24.6 Å². The summed E-state index contributed by atoms with van der Waals surface area (Å²) in [6, 6.07) is 0. The average Bonchev–Trinajstić information content (AvgIpc) is 2.81. The first kappa shape index (κ1) is 18.9. The zero-order chi connectivity index (χ0) is 16.4. The number of nitrogens with zero attached hydrogens (tertiary/aromatic N) is 2. The lowest BCUT2D eigenvalue weighted by Crippen LogP contribution is -2.40. The fraction of sp³-hybridized carbons (Fsp3) is 0.750. The van der Waals surface area contributed by atoms with Crippen LogP contribution in [-0.2, 0) is 6.54 Å². The Balaban J connectivity index is 2.57. The van der Waals surface area contributed by atoms with E-state index < -0.39 is 0 Å². The molecule has 0 bridgehead atoms. The number of aliphatic imine (C=N–C) groups is 1. The maximum atomic E-state index is 9.13. The molecular formula is C16H30N4OS. The van der Waals surface area contributed by atoms with Crippen LogP contribution in [0.2, 0.25) is 0 Å². The highest BCUT2D eigenvalue weighted by molar-refractivity contribution is 7.11. The fourth-order valence-electron chi connectivity index (χ4n) is 2.28. The molecule has 0 aliphatic rings. The van der Waals surface area contributed by atoms with Crippen LogP contribution in [0.5, 0.6) is 0 Å². The molecule has 1 aromatic heterocycles. The van der Waals surface area contributed by atoms with E-state index in [9.17, 15) is 0 Å². The second kappa shape index (κ2) is 10.6. The van der Waals surface area contributed by atoms with E-state index in [4.69, 9.17) is 5.11 Å². The lowest BCUT2D eigenvalue weighted by atomic mass is 10.0. The summed E-state index contributed by atoms with van der Waals surface area (Å²) in [5.41, 5.74) is 1.10. The molecule has 0 aliphatic carbocycles. The number of hydrogen-bond donors (Lipinski definition) is 3. The molecule has 22 heavy (non-hydrogen) atoms. The maximum Gasteiger partial charge on any atom is 0.191 e. The Hall–Kier alpha value is -1.14. The number of aliphatic hydroxyl groups is 1. The van der Waals surface area contributed by atoms with Crippen molar-refractivity contribution in [1.29, 1.82) is 0 Å². The number of aliphatic hydroxyl groups excluding tert-OH is 1. The van der Waals surface area contributed by atoms with Crippen LogP contribution in [0.1, 0.15) is 48.7 Å². The van der Waals surface area contributed by atoms with E-state index in [0.717, 1.165) is 49.0 Å². The Bertz CT molecular complexity index is 433. The Morgan fingerprint density at radius 1 is 1.27 bits per heavy atom. The van der Waals surface area contributed by atoms with Gasteiger partial charge in [-0.15, -0.1) is 11.3 Å². The highest BCUT2D eigenvalue weighted by atomic mass is 32.1. The van der Waals surface area contributed by atoms with E-state index in [1.165, 1.54) is 4.88 Å². The summed E-state index contributed by atoms with van der Waals surface area (Å²) in [5.74, 6) is 1.32. The number of aryl methyl sites for hydroxylation is 2. The van der Waals surface area contributed by atoms with E-state index in [-0.39, 0.29) is 6.61 Å². The Labute approximate surface area is 138 Å². The molecule has 0 amide bonds. The van der Waals surface area contributed by atoms with E-state index in [1.807, 2.05) is 6.92 Å². The molecule has 1 rings (SSSR count). The number of rotatable bonds is 9. The number of nitrogens with one attached hydrogen (secondary N) is 2. The van der Waals surface area contributed by atoms with Crippen molar-refractivity contribution in [2.45, 2.75) is 53.5 Å². The summed E-state index contributed by atoms with van der Waals surface area (Å²) < 4.78 is 0. The smallest absolute Gasteiger partial charge is 0.191 e. The monoisotopic (exact) mass is 326 g/mol. The second-order valence-corrected chi connectivity index (χ2v) is 6.78. The third-order valence-corrected chi connectivity index (χ3v) is 4.64. The van der Waals surface area contributed by atoms with Gasteiger partial charge in [-0.3, -0.25) is 0 Å². The van der Waals surface area contributed by atoms with Gasteiger partial charge >= 0.3 is 0 Å². The molecule has 6 heteroatoms. The van der Waals surface area contributed by atoms with Crippen molar-refractivity contribution in [3.05, 3.63) is 15.6 Å². The van der Waals surface area contributed by atoms with E-state index in [1.54, 1.807) is 11.3 Å². The summed E-state index contributed by atoms with van der Waals surface area (Å²) in [6.07, 6.45) is 3.10. The van der Waals surface area contributed by atoms with Crippen molar-refractivity contribution in [2.24, 2.45) is 10.9 Å². The molecule has 0 spiro atoms. The number of guanidine groups is 1. The van der Waals surface area contributed by atoms with Gasteiger partial charge in [-0.05, 0) is 39.5 Å². The van der Waals surface area contributed by atoms with Crippen LogP contribution in [0, 0.1) is 19.8 Å². The molecule has 3 N–H and O–H groups in total. The van der Waals surface area contributed by atoms with Crippen molar-refractivity contribution in [2.75, 3.05) is 19.7 Å². The first-order chi connectivity index (χ1) is 10.6. The Kier molecular flexibility index (Phi) is 9.08. The molecule has 1 atom stereocenters. The van der Waals surface area contributed by atoms with Gasteiger partial charge in [0.15, 0.2) is 5.96 Å². The third-order valence-electron chi connectivity index (χ3n) is 3.58. The zero-order valence-corrected chi connectivity index (χ0v) is 15.1. The highest BCUT2D eigenvalue weighted by Crippen LogP contribution is 2.17.